The second-order valence-corrected chi connectivity index (χ2v) is 4.25. The molecule has 0 saturated carbocycles. The first-order valence-corrected chi connectivity index (χ1v) is 6.21. The van der Waals surface area contributed by atoms with Gasteiger partial charge in [-0.2, -0.15) is 5.21 Å². The van der Waals surface area contributed by atoms with Crippen molar-refractivity contribution in [3.8, 4) is 0 Å². The van der Waals surface area contributed by atoms with Crippen LogP contribution >= 0.6 is 11.3 Å². The third kappa shape index (κ3) is 2.80. The summed E-state index contributed by atoms with van der Waals surface area (Å²) in [5, 5.41) is 18.9. The number of esters is 1. The molecule has 0 radical (unpaired) electrons. The molecule has 18 heavy (non-hydrogen) atoms. The number of nitrogens with zero attached hydrogens (tertiary/aromatic N) is 4. The molecular weight excluding hydrogens is 256 g/mol. The number of hydrogen-bond acceptors (Lipinski definition) is 8. The Balaban J connectivity index is 2.00. The lowest BCUT2D eigenvalue weighted by molar-refractivity contribution is 0.0520. The standard InChI is InChI=1S/C9H12N6O2S/c1-3-17-8(16)6-4-18-9(11-6)10-5(2)7-12-14-15-13-7/h4-5H,3H2,1-2H3,(H,10,11)(H,12,13,14,15). The van der Waals surface area contributed by atoms with E-state index in [0.717, 1.165) is 0 Å². The predicted molar refractivity (Wildman–Crippen MR) is 64.3 cm³/mol. The Bertz CT molecular complexity index is 511. The Morgan fingerprint density at radius 3 is 3.17 bits per heavy atom. The largest absolute Gasteiger partial charge is 0.461 e. The van der Waals surface area contributed by atoms with Gasteiger partial charge in [0.1, 0.15) is 0 Å². The number of ether oxygens (including phenoxy) is 1. The van der Waals surface area contributed by atoms with Crippen LogP contribution in [0, 0.1) is 0 Å². The zero-order chi connectivity index (χ0) is 13.0. The van der Waals surface area contributed by atoms with E-state index >= 15 is 0 Å². The summed E-state index contributed by atoms with van der Waals surface area (Å²) >= 11 is 1.32. The van der Waals surface area contributed by atoms with Crippen molar-refractivity contribution in [3.63, 3.8) is 0 Å². The van der Waals surface area contributed by atoms with Gasteiger partial charge in [-0.05, 0) is 13.8 Å². The second kappa shape index (κ2) is 5.54. The highest BCUT2D eigenvalue weighted by molar-refractivity contribution is 7.13. The molecule has 2 N–H and O–H groups in total. The number of aromatic amines is 1. The van der Waals surface area contributed by atoms with Gasteiger partial charge in [-0.1, -0.05) is 5.21 Å². The Morgan fingerprint density at radius 2 is 2.50 bits per heavy atom. The van der Waals surface area contributed by atoms with E-state index in [1.165, 1.54) is 11.3 Å². The van der Waals surface area contributed by atoms with E-state index in [9.17, 15) is 4.79 Å². The first kappa shape index (κ1) is 12.4. The molecule has 0 bridgehead atoms. The molecule has 2 heterocycles. The van der Waals surface area contributed by atoms with Crippen molar-refractivity contribution >= 4 is 22.4 Å². The van der Waals surface area contributed by atoms with E-state index in [1.54, 1.807) is 12.3 Å². The monoisotopic (exact) mass is 268 g/mol. The van der Waals surface area contributed by atoms with Crippen molar-refractivity contribution < 1.29 is 9.53 Å². The first-order chi connectivity index (χ1) is 8.70. The summed E-state index contributed by atoms with van der Waals surface area (Å²) in [5.74, 6) is 0.108. The number of thiazole rings is 1. The van der Waals surface area contributed by atoms with Gasteiger partial charge in [0.25, 0.3) is 0 Å². The zero-order valence-corrected chi connectivity index (χ0v) is 10.7. The summed E-state index contributed by atoms with van der Waals surface area (Å²) in [6, 6.07) is -0.148. The summed E-state index contributed by atoms with van der Waals surface area (Å²) in [4.78, 5) is 15.6. The molecule has 1 unspecified atom stereocenters. The van der Waals surface area contributed by atoms with E-state index in [-0.39, 0.29) is 6.04 Å². The molecule has 8 nitrogen and oxygen atoms in total. The molecule has 0 spiro atoms. The number of hydrogen-bond donors (Lipinski definition) is 2. The minimum atomic E-state index is -0.422. The zero-order valence-electron chi connectivity index (χ0n) is 9.88. The quantitative estimate of drug-likeness (QED) is 0.779. The van der Waals surface area contributed by atoms with Gasteiger partial charge >= 0.3 is 5.97 Å². The molecule has 2 aromatic heterocycles. The molecule has 0 aromatic carbocycles. The first-order valence-electron chi connectivity index (χ1n) is 5.33. The van der Waals surface area contributed by atoms with Gasteiger partial charge in [-0.25, -0.2) is 9.78 Å². The highest BCUT2D eigenvalue weighted by Crippen LogP contribution is 2.20. The van der Waals surface area contributed by atoms with E-state index in [4.69, 9.17) is 4.74 Å². The molecule has 0 aliphatic heterocycles. The van der Waals surface area contributed by atoms with Crippen LogP contribution in [0.3, 0.4) is 0 Å². The van der Waals surface area contributed by atoms with Crippen LogP contribution in [-0.2, 0) is 4.74 Å². The smallest absolute Gasteiger partial charge is 0.357 e. The summed E-state index contributed by atoms with van der Waals surface area (Å²) in [5.41, 5.74) is 0.296. The molecule has 2 rings (SSSR count). The van der Waals surface area contributed by atoms with Gasteiger partial charge < -0.3 is 10.1 Å². The van der Waals surface area contributed by atoms with Gasteiger partial charge in [0.05, 0.1) is 12.6 Å². The Kier molecular flexibility index (Phi) is 3.82. The van der Waals surface area contributed by atoms with E-state index in [2.05, 4.69) is 30.9 Å². The number of aromatic nitrogens is 5. The molecule has 2 aromatic rings. The van der Waals surface area contributed by atoms with Crippen LogP contribution in [0.15, 0.2) is 5.38 Å². The fraction of sp³-hybridized carbons (Fsp3) is 0.444. The van der Waals surface area contributed by atoms with Crippen molar-refractivity contribution in [2.45, 2.75) is 19.9 Å². The molecular formula is C9H12N6O2S. The van der Waals surface area contributed by atoms with Gasteiger partial charge in [0.2, 0.25) is 0 Å². The Hall–Kier alpha value is -2.03. The molecule has 1 atom stereocenters. The van der Waals surface area contributed by atoms with Gasteiger partial charge in [0, 0.05) is 5.38 Å². The van der Waals surface area contributed by atoms with Crippen molar-refractivity contribution in [2.75, 3.05) is 11.9 Å². The lowest BCUT2D eigenvalue weighted by atomic mass is 10.3. The fourth-order valence-corrected chi connectivity index (χ4v) is 2.01. The van der Waals surface area contributed by atoms with E-state index in [0.29, 0.717) is 23.3 Å². The van der Waals surface area contributed by atoms with Crippen LogP contribution in [0.4, 0.5) is 5.13 Å². The molecule has 0 amide bonds. The normalized spacial score (nSPS) is 12.1. The molecule has 0 fully saturated rings. The maximum atomic E-state index is 11.4. The average molecular weight is 268 g/mol. The lowest BCUT2D eigenvalue weighted by Gasteiger charge is -2.07. The summed E-state index contributed by atoms with van der Waals surface area (Å²) in [6.07, 6.45) is 0. The number of carbonyl (C=O) groups is 1. The van der Waals surface area contributed by atoms with Gasteiger partial charge in [0.15, 0.2) is 16.6 Å². The average Bonchev–Trinajstić information content (AvgIpc) is 2.99. The van der Waals surface area contributed by atoms with Crippen LogP contribution < -0.4 is 5.32 Å². The summed E-state index contributed by atoms with van der Waals surface area (Å²) in [6.45, 7) is 3.95. The van der Waals surface area contributed by atoms with E-state index in [1.807, 2.05) is 6.92 Å². The third-order valence-electron chi connectivity index (χ3n) is 2.08. The fourth-order valence-electron chi connectivity index (χ4n) is 1.24. The highest BCUT2D eigenvalue weighted by Gasteiger charge is 2.15. The second-order valence-electron chi connectivity index (χ2n) is 3.39. The predicted octanol–water partition coefficient (Wildman–Crippen LogP) is 1.01. The van der Waals surface area contributed by atoms with Crippen LogP contribution in [-0.4, -0.2) is 38.2 Å². The van der Waals surface area contributed by atoms with Gasteiger partial charge in [-0.3, -0.25) is 0 Å². The number of anilines is 1. The maximum Gasteiger partial charge on any atom is 0.357 e. The Morgan fingerprint density at radius 1 is 1.67 bits per heavy atom. The van der Waals surface area contributed by atoms with Crippen molar-refractivity contribution in [1.29, 1.82) is 0 Å². The van der Waals surface area contributed by atoms with Crippen LogP contribution in [0.25, 0.3) is 0 Å². The van der Waals surface area contributed by atoms with Crippen molar-refractivity contribution in [2.24, 2.45) is 0 Å². The molecule has 9 heteroatoms. The third-order valence-corrected chi connectivity index (χ3v) is 2.85. The van der Waals surface area contributed by atoms with Crippen LogP contribution in [0.1, 0.15) is 36.2 Å². The van der Waals surface area contributed by atoms with Crippen LogP contribution in [0.2, 0.25) is 0 Å². The molecule has 0 aliphatic carbocycles. The number of tetrazole rings is 1. The minimum Gasteiger partial charge on any atom is -0.461 e. The topological polar surface area (TPSA) is 106 Å². The SMILES string of the molecule is CCOC(=O)c1csc(NC(C)c2nn[nH]n2)n1. The van der Waals surface area contributed by atoms with Crippen LogP contribution in [0.5, 0.6) is 0 Å². The number of nitrogens with one attached hydrogen (secondary N) is 2. The highest BCUT2D eigenvalue weighted by atomic mass is 32.1. The number of carbonyl (C=O) groups excluding carboxylic acids is 1. The molecule has 0 saturated heterocycles. The van der Waals surface area contributed by atoms with E-state index < -0.39 is 5.97 Å². The number of rotatable bonds is 5. The Labute approximate surface area is 107 Å². The maximum absolute atomic E-state index is 11.4. The van der Waals surface area contributed by atoms with Gasteiger partial charge in [-0.15, -0.1) is 21.5 Å². The number of H-pyrrole nitrogens is 1. The van der Waals surface area contributed by atoms with Crippen molar-refractivity contribution in [3.05, 3.63) is 16.9 Å². The molecule has 0 aliphatic rings. The molecule has 96 valence electrons. The lowest BCUT2D eigenvalue weighted by Crippen LogP contribution is -2.09. The summed E-state index contributed by atoms with van der Waals surface area (Å²) < 4.78 is 4.86. The summed E-state index contributed by atoms with van der Waals surface area (Å²) in [7, 11) is 0. The minimum absolute atomic E-state index is 0.148. The van der Waals surface area contributed by atoms with Crippen molar-refractivity contribution in [1.82, 2.24) is 25.6 Å².